The molecule has 0 bridgehead atoms. The zero-order chi connectivity index (χ0) is 15.1. The van der Waals surface area contributed by atoms with Crippen molar-refractivity contribution in [2.75, 3.05) is 6.54 Å². The number of amides is 1. The zero-order valence-electron chi connectivity index (χ0n) is 11.5. The topological polar surface area (TPSA) is 69.6 Å². The van der Waals surface area contributed by atoms with Crippen LogP contribution in [-0.4, -0.2) is 22.7 Å². The van der Waals surface area contributed by atoms with Gasteiger partial charge in [0.2, 0.25) is 5.91 Å². The minimum atomic E-state index is -0.207. The van der Waals surface area contributed by atoms with E-state index in [0.29, 0.717) is 12.1 Å². The zero-order valence-corrected chi connectivity index (χ0v) is 11.5. The third-order valence-corrected chi connectivity index (χ3v) is 2.98. The molecule has 0 aliphatic carbocycles. The number of hydrogen-bond donors (Lipinski definition) is 3. The van der Waals surface area contributed by atoms with E-state index in [-0.39, 0.29) is 17.4 Å². The van der Waals surface area contributed by atoms with Crippen LogP contribution in [0, 0.1) is 0 Å². The molecule has 0 aliphatic heterocycles. The van der Waals surface area contributed by atoms with Gasteiger partial charge in [0.05, 0.1) is 0 Å². The fourth-order valence-electron chi connectivity index (χ4n) is 1.85. The summed E-state index contributed by atoms with van der Waals surface area (Å²) in [5.41, 5.74) is 1.81. The van der Waals surface area contributed by atoms with Crippen molar-refractivity contribution < 1.29 is 15.0 Å². The largest absolute Gasteiger partial charge is 0.504 e. The fourth-order valence-corrected chi connectivity index (χ4v) is 1.85. The maximum Gasteiger partial charge on any atom is 0.244 e. The minimum Gasteiger partial charge on any atom is -0.504 e. The van der Waals surface area contributed by atoms with Crippen molar-refractivity contribution in [1.82, 2.24) is 5.32 Å². The number of carbonyl (C=O) groups excluding carboxylic acids is 1. The highest BCUT2D eigenvalue weighted by atomic mass is 16.3. The number of hydrogen-bond acceptors (Lipinski definition) is 3. The number of aromatic hydroxyl groups is 2. The molecular weight excluding hydrogens is 266 g/mol. The van der Waals surface area contributed by atoms with Crippen LogP contribution in [0.4, 0.5) is 0 Å². The van der Waals surface area contributed by atoms with Crippen molar-refractivity contribution in [3.8, 4) is 11.5 Å². The SMILES string of the molecule is O=C(/C=C/c1ccc(O)c(O)c1)NCCc1ccccc1. The lowest BCUT2D eigenvalue weighted by molar-refractivity contribution is -0.116. The Morgan fingerprint density at radius 1 is 1.05 bits per heavy atom. The Labute approximate surface area is 123 Å². The van der Waals surface area contributed by atoms with Gasteiger partial charge in [-0.15, -0.1) is 0 Å². The van der Waals surface area contributed by atoms with E-state index in [0.717, 1.165) is 6.42 Å². The summed E-state index contributed by atoms with van der Waals surface area (Å²) in [6, 6.07) is 14.3. The summed E-state index contributed by atoms with van der Waals surface area (Å²) < 4.78 is 0. The standard InChI is InChI=1S/C17H17NO3/c19-15-8-6-14(12-16(15)20)7-9-17(21)18-11-10-13-4-2-1-3-5-13/h1-9,12,19-20H,10-11H2,(H,18,21)/b9-7+. The van der Waals surface area contributed by atoms with Crippen molar-refractivity contribution in [3.63, 3.8) is 0 Å². The van der Waals surface area contributed by atoms with Crippen LogP contribution in [0.5, 0.6) is 11.5 Å². The van der Waals surface area contributed by atoms with Gasteiger partial charge in [0.15, 0.2) is 11.5 Å². The van der Waals surface area contributed by atoms with Crippen molar-refractivity contribution in [2.45, 2.75) is 6.42 Å². The van der Waals surface area contributed by atoms with Gasteiger partial charge in [-0.3, -0.25) is 4.79 Å². The number of carbonyl (C=O) groups is 1. The normalized spacial score (nSPS) is 10.7. The molecule has 0 atom stereocenters. The summed E-state index contributed by atoms with van der Waals surface area (Å²) in [4.78, 5) is 11.6. The summed E-state index contributed by atoms with van der Waals surface area (Å²) in [6.07, 6.45) is 3.76. The highest BCUT2D eigenvalue weighted by molar-refractivity contribution is 5.91. The van der Waals surface area contributed by atoms with Crippen molar-refractivity contribution in [1.29, 1.82) is 0 Å². The second-order valence-corrected chi connectivity index (χ2v) is 4.61. The molecule has 21 heavy (non-hydrogen) atoms. The number of benzene rings is 2. The highest BCUT2D eigenvalue weighted by Gasteiger charge is 1.99. The van der Waals surface area contributed by atoms with Gasteiger partial charge in [0.1, 0.15) is 0 Å². The van der Waals surface area contributed by atoms with Gasteiger partial charge in [-0.2, -0.15) is 0 Å². The highest BCUT2D eigenvalue weighted by Crippen LogP contribution is 2.25. The quantitative estimate of drug-likeness (QED) is 0.583. The Kier molecular flexibility index (Phi) is 4.99. The Bertz CT molecular complexity index is 636. The van der Waals surface area contributed by atoms with Crippen molar-refractivity contribution in [3.05, 3.63) is 65.7 Å². The van der Waals surface area contributed by atoms with Crippen LogP contribution in [0.2, 0.25) is 0 Å². The summed E-state index contributed by atoms with van der Waals surface area (Å²) in [5.74, 6) is -0.584. The second-order valence-electron chi connectivity index (χ2n) is 4.61. The molecule has 1 amide bonds. The number of rotatable bonds is 5. The Balaban J connectivity index is 1.81. The monoisotopic (exact) mass is 283 g/mol. The molecule has 2 aromatic carbocycles. The van der Waals surface area contributed by atoms with E-state index in [2.05, 4.69) is 5.32 Å². The maximum atomic E-state index is 11.6. The maximum absolute atomic E-state index is 11.6. The molecule has 0 heterocycles. The first-order valence-electron chi connectivity index (χ1n) is 6.67. The Hall–Kier alpha value is -2.75. The average Bonchev–Trinajstić information content (AvgIpc) is 2.49. The molecule has 0 saturated carbocycles. The van der Waals surface area contributed by atoms with E-state index in [1.807, 2.05) is 30.3 Å². The van der Waals surface area contributed by atoms with E-state index >= 15 is 0 Å². The molecule has 0 aliphatic rings. The number of phenolic OH excluding ortho intramolecular Hbond substituents is 2. The van der Waals surface area contributed by atoms with Gasteiger partial charge in [0, 0.05) is 12.6 Å². The van der Waals surface area contributed by atoms with Crippen molar-refractivity contribution in [2.24, 2.45) is 0 Å². The summed E-state index contributed by atoms with van der Waals surface area (Å²) in [5, 5.41) is 21.3. The number of phenols is 2. The Morgan fingerprint density at radius 3 is 2.52 bits per heavy atom. The molecule has 0 saturated heterocycles. The van der Waals surface area contributed by atoms with Crippen LogP contribution in [0.3, 0.4) is 0 Å². The number of nitrogens with one attached hydrogen (secondary N) is 1. The molecule has 0 spiro atoms. The van der Waals surface area contributed by atoms with Crippen LogP contribution in [0.25, 0.3) is 6.08 Å². The van der Waals surface area contributed by atoms with Crippen LogP contribution in [0.1, 0.15) is 11.1 Å². The molecular formula is C17H17NO3. The van der Waals surface area contributed by atoms with Gasteiger partial charge in [-0.1, -0.05) is 36.4 Å². The van der Waals surface area contributed by atoms with E-state index in [1.54, 1.807) is 12.1 Å². The molecule has 0 fully saturated rings. The second kappa shape index (κ2) is 7.14. The lowest BCUT2D eigenvalue weighted by atomic mass is 10.1. The van der Waals surface area contributed by atoms with Crippen LogP contribution in [0.15, 0.2) is 54.6 Å². The Morgan fingerprint density at radius 2 is 1.81 bits per heavy atom. The third kappa shape index (κ3) is 4.69. The first-order chi connectivity index (χ1) is 10.1. The molecule has 3 N–H and O–H groups in total. The lowest BCUT2D eigenvalue weighted by Gasteiger charge is -2.02. The smallest absolute Gasteiger partial charge is 0.244 e. The average molecular weight is 283 g/mol. The summed E-state index contributed by atoms with van der Waals surface area (Å²) >= 11 is 0. The molecule has 108 valence electrons. The molecule has 4 heteroatoms. The third-order valence-electron chi connectivity index (χ3n) is 2.98. The van der Waals surface area contributed by atoms with Crippen LogP contribution < -0.4 is 5.32 Å². The minimum absolute atomic E-state index is 0.181. The van der Waals surface area contributed by atoms with Gasteiger partial charge in [-0.25, -0.2) is 0 Å². The molecule has 4 nitrogen and oxygen atoms in total. The van der Waals surface area contributed by atoms with Gasteiger partial charge < -0.3 is 15.5 Å². The molecule has 0 aromatic heterocycles. The van der Waals surface area contributed by atoms with Gasteiger partial charge in [-0.05, 0) is 35.8 Å². The molecule has 0 radical (unpaired) electrons. The lowest BCUT2D eigenvalue weighted by Crippen LogP contribution is -2.23. The van der Waals surface area contributed by atoms with E-state index < -0.39 is 0 Å². The summed E-state index contributed by atoms with van der Waals surface area (Å²) in [7, 11) is 0. The predicted molar refractivity (Wildman–Crippen MR) is 82.0 cm³/mol. The first-order valence-corrected chi connectivity index (χ1v) is 6.67. The fraction of sp³-hybridized carbons (Fsp3) is 0.118. The first kappa shape index (κ1) is 14.7. The van der Waals surface area contributed by atoms with Crippen LogP contribution in [-0.2, 0) is 11.2 Å². The summed E-state index contributed by atoms with van der Waals surface area (Å²) in [6.45, 7) is 0.564. The van der Waals surface area contributed by atoms with Crippen molar-refractivity contribution >= 4 is 12.0 Å². The molecule has 2 aromatic rings. The van der Waals surface area contributed by atoms with Gasteiger partial charge >= 0.3 is 0 Å². The molecule has 0 unspecified atom stereocenters. The van der Waals surface area contributed by atoms with E-state index in [9.17, 15) is 15.0 Å². The molecule has 2 rings (SSSR count). The predicted octanol–water partition coefficient (Wildman–Crippen LogP) is 2.47. The van der Waals surface area contributed by atoms with E-state index in [4.69, 9.17) is 0 Å². The van der Waals surface area contributed by atoms with Gasteiger partial charge in [0.25, 0.3) is 0 Å². The van der Waals surface area contributed by atoms with Crippen LogP contribution >= 0.6 is 0 Å². The van der Waals surface area contributed by atoms with E-state index in [1.165, 1.54) is 23.8 Å².